The van der Waals surface area contributed by atoms with E-state index in [4.69, 9.17) is 4.98 Å². The molecule has 4 nitrogen and oxygen atoms in total. The van der Waals surface area contributed by atoms with Gasteiger partial charge in [0.2, 0.25) is 5.91 Å². The zero-order chi connectivity index (χ0) is 19.4. The normalized spacial score (nSPS) is 10.9. The average Bonchev–Trinajstić information content (AvgIpc) is 3.04. The first kappa shape index (κ1) is 22.3. The van der Waals surface area contributed by atoms with Gasteiger partial charge >= 0.3 is 0 Å². The molecule has 6 heteroatoms. The third-order valence-corrected chi connectivity index (χ3v) is 5.81. The Morgan fingerprint density at radius 1 is 1.07 bits per heavy atom. The van der Waals surface area contributed by atoms with Crippen molar-refractivity contribution >= 4 is 45.0 Å². The number of likely N-dealkylation sites (N-methyl/N-ethyl adjacent to an activating group) is 1. The first-order valence-corrected chi connectivity index (χ1v) is 10.1. The molecule has 0 aliphatic rings. The number of rotatable bonds is 7. The van der Waals surface area contributed by atoms with Gasteiger partial charge in [-0.05, 0) is 57.1 Å². The Hall–Kier alpha value is -1.95. The van der Waals surface area contributed by atoms with E-state index in [9.17, 15) is 4.79 Å². The van der Waals surface area contributed by atoms with Crippen LogP contribution >= 0.6 is 23.7 Å². The summed E-state index contributed by atoms with van der Waals surface area (Å²) in [6.07, 6.45) is 1.24. The minimum atomic E-state index is 0. The molecule has 0 N–H and O–H groups in total. The maximum atomic E-state index is 13.0. The van der Waals surface area contributed by atoms with Crippen molar-refractivity contribution in [2.45, 2.75) is 26.7 Å². The highest BCUT2D eigenvalue weighted by Crippen LogP contribution is 2.32. The number of hydrogen-bond donors (Lipinski definition) is 0. The topological polar surface area (TPSA) is 36.4 Å². The molecule has 0 bridgehead atoms. The van der Waals surface area contributed by atoms with Crippen LogP contribution in [0.25, 0.3) is 10.2 Å². The Kier molecular flexibility index (Phi) is 7.98. The van der Waals surface area contributed by atoms with E-state index in [1.54, 1.807) is 11.3 Å². The molecule has 2 aromatic carbocycles. The summed E-state index contributed by atoms with van der Waals surface area (Å²) in [5.41, 5.74) is 4.59. The highest BCUT2D eigenvalue weighted by atomic mass is 35.5. The lowest BCUT2D eigenvalue weighted by molar-refractivity contribution is -0.118. The van der Waals surface area contributed by atoms with Crippen LogP contribution in [0, 0.1) is 13.8 Å². The Balaban J connectivity index is 0.00000280. The first-order valence-electron chi connectivity index (χ1n) is 9.31. The first-order chi connectivity index (χ1) is 12.9. The van der Waals surface area contributed by atoms with Gasteiger partial charge in [0.1, 0.15) is 0 Å². The van der Waals surface area contributed by atoms with Crippen LogP contribution in [0.15, 0.2) is 42.5 Å². The van der Waals surface area contributed by atoms with Gasteiger partial charge < -0.3 is 4.90 Å². The molecule has 0 atom stereocenters. The molecule has 0 saturated heterocycles. The molecule has 0 aliphatic carbocycles. The van der Waals surface area contributed by atoms with Gasteiger partial charge in [0.15, 0.2) is 5.13 Å². The highest BCUT2D eigenvalue weighted by molar-refractivity contribution is 7.22. The van der Waals surface area contributed by atoms with Crippen molar-refractivity contribution in [3.05, 3.63) is 59.2 Å². The standard InChI is InChI=1S/C22H27N3OS.ClH/c1-16-14-17(2)21-19(15-16)23-22(27-21)25(13-12-24(3)4)20(26)11-10-18-8-6-5-7-9-18;/h5-9,14-15H,10-13H2,1-4H3;1H. The molecule has 1 heterocycles. The van der Waals surface area contributed by atoms with Crippen LogP contribution in [0.3, 0.4) is 0 Å². The third kappa shape index (κ3) is 5.53. The number of nitrogens with zero attached hydrogens (tertiary/aromatic N) is 3. The van der Waals surface area contributed by atoms with E-state index in [-0.39, 0.29) is 18.3 Å². The number of amides is 1. The minimum Gasteiger partial charge on any atom is -0.308 e. The summed E-state index contributed by atoms with van der Waals surface area (Å²) in [7, 11) is 4.05. The van der Waals surface area contributed by atoms with Crippen molar-refractivity contribution in [1.29, 1.82) is 0 Å². The number of aromatic nitrogens is 1. The summed E-state index contributed by atoms with van der Waals surface area (Å²) >= 11 is 1.62. The van der Waals surface area contributed by atoms with Crippen LogP contribution in [0.1, 0.15) is 23.1 Å². The minimum absolute atomic E-state index is 0. The van der Waals surface area contributed by atoms with Gasteiger partial charge in [0, 0.05) is 19.5 Å². The molecule has 1 amide bonds. The van der Waals surface area contributed by atoms with E-state index >= 15 is 0 Å². The number of carbonyl (C=O) groups is 1. The van der Waals surface area contributed by atoms with E-state index < -0.39 is 0 Å². The Bertz CT molecular complexity index is 924. The van der Waals surface area contributed by atoms with Gasteiger partial charge in [0.05, 0.1) is 10.2 Å². The lowest BCUT2D eigenvalue weighted by Gasteiger charge is -2.22. The lowest BCUT2D eigenvalue weighted by atomic mass is 10.1. The second-order valence-corrected chi connectivity index (χ2v) is 8.24. The molecule has 3 rings (SSSR count). The fraction of sp³-hybridized carbons (Fsp3) is 0.364. The van der Waals surface area contributed by atoms with Gasteiger partial charge in [-0.25, -0.2) is 4.98 Å². The second kappa shape index (κ2) is 10.0. The fourth-order valence-electron chi connectivity index (χ4n) is 3.14. The number of aryl methyl sites for hydroxylation is 3. The average molecular weight is 418 g/mol. The van der Waals surface area contributed by atoms with Crippen molar-refractivity contribution in [3.8, 4) is 0 Å². The van der Waals surface area contributed by atoms with Crippen LogP contribution in [0.4, 0.5) is 5.13 Å². The largest absolute Gasteiger partial charge is 0.308 e. The number of thiazole rings is 1. The van der Waals surface area contributed by atoms with Crippen LogP contribution in [-0.2, 0) is 11.2 Å². The van der Waals surface area contributed by atoms with Gasteiger partial charge in [-0.1, -0.05) is 47.7 Å². The summed E-state index contributed by atoms with van der Waals surface area (Å²) in [6.45, 7) is 5.66. The van der Waals surface area contributed by atoms with Crippen LogP contribution < -0.4 is 4.90 Å². The van der Waals surface area contributed by atoms with E-state index in [0.29, 0.717) is 13.0 Å². The number of carbonyl (C=O) groups excluding carboxylic acids is 1. The highest BCUT2D eigenvalue weighted by Gasteiger charge is 2.20. The van der Waals surface area contributed by atoms with Crippen molar-refractivity contribution in [2.75, 3.05) is 32.1 Å². The predicted molar refractivity (Wildman–Crippen MR) is 122 cm³/mol. The monoisotopic (exact) mass is 417 g/mol. The quantitative estimate of drug-likeness (QED) is 0.550. The maximum Gasteiger partial charge on any atom is 0.229 e. The zero-order valence-corrected chi connectivity index (χ0v) is 18.6. The zero-order valence-electron chi connectivity index (χ0n) is 16.9. The van der Waals surface area contributed by atoms with Crippen molar-refractivity contribution < 1.29 is 4.79 Å². The SMILES string of the molecule is Cc1cc(C)c2sc(N(CCN(C)C)C(=O)CCc3ccccc3)nc2c1.Cl. The van der Waals surface area contributed by atoms with Crippen LogP contribution in [-0.4, -0.2) is 43.0 Å². The lowest BCUT2D eigenvalue weighted by Crippen LogP contribution is -2.36. The molecule has 0 radical (unpaired) electrons. The van der Waals surface area contributed by atoms with Gasteiger partial charge in [-0.3, -0.25) is 9.69 Å². The molecular formula is C22H28ClN3OS. The van der Waals surface area contributed by atoms with Crippen molar-refractivity contribution in [3.63, 3.8) is 0 Å². The summed E-state index contributed by atoms with van der Waals surface area (Å²) in [4.78, 5) is 21.8. The number of halogens is 1. The van der Waals surface area contributed by atoms with Crippen molar-refractivity contribution in [2.24, 2.45) is 0 Å². The maximum absolute atomic E-state index is 13.0. The molecule has 0 unspecified atom stereocenters. The molecule has 3 aromatic rings. The summed E-state index contributed by atoms with van der Waals surface area (Å²) in [5.74, 6) is 0.133. The summed E-state index contributed by atoms with van der Waals surface area (Å²) < 4.78 is 1.17. The van der Waals surface area contributed by atoms with Crippen LogP contribution in [0.2, 0.25) is 0 Å². The summed E-state index contributed by atoms with van der Waals surface area (Å²) in [6, 6.07) is 14.4. The molecular weight excluding hydrogens is 390 g/mol. The Morgan fingerprint density at radius 2 is 1.79 bits per heavy atom. The van der Waals surface area contributed by atoms with Gasteiger partial charge in [-0.15, -0.1) is 12.4 Å². The molecule has 0 fully saturated rings. The Morgan fingerprint density at radius 3 is 2.46 bits per heavy atom. The fourth-order valence-corrected chi connectivity index (χ4v) is 4.20. The molecule has 0 aliphatic heterocycles. The summed E-state index contributed by atoms with van der Waals surface area (Å²) in [5, 5.41) is 0.804. The van der Waals surface area contributed by atoms with E-state index in [2.05, 4.69) is 43.0 Å². The number of hydrogen-bond acceptors (Lipinski definition) is 4. The van der Waals surface area contributed by atoms with E-state index in [1.165, 1.54) is 21.4 Å². The molecule has 28 heavy (non-hydrogen) atoms. The second-order valence-electron chi connectivity index (χ2n) is 7.26. The number of anilines is 1. The Labute approximate surface area is 177 Å². The third-order valence-electron chi connectivity index (χ3n) is 4.58. The molecule has 0 spiro atoms. The van der Waals surface area contributed by atoms with Gasteiger partial charge in [-0.2, -0.15) is 0 Å². The van der Waals surface area contributed by atoms with Crippen molar-refractivity contribution in [1.82, 2.24) is 9.88 Å². The van der Waals surface area contributed by atoms with Crippen LogP contribution in [0.5, 0.6) is 0 Å². The predicted octanol–water partition coefficient (Wildman–Crippen LogP) is 4.86. The van der Waals surface area contributed by atoms with E-state index in [0.717, 1.165) is 23.6 Å². The molecule has 1 aromatic heterocycles. The number of fused-ring (bicyclic) bond motifs is 1. The van der Waals surface area contributed by atoms with Gasteiger partial charge in [0.25, 0.3) is 0 Å². The molecule has 0 saturated carbocycles. The molecule has 150 valence electrons. The van der Waals surface area contributed by atoms with E-state index in [1.807, 2.05) is 37.2 Å². The smallest absolute Gasteiger partial charge is 0.229 e. The number of benzene rings is 2.